The second kappa shape index (κ2) is 9.69. The van der Waals surface area contributed by atoms with E-state index in [9.17, 15) is 9.59 Å². The number of ether oxygens (including phenoxy) is 1. The fourth-order valence-corrected chi connectivity index (χ4v) is 6.30. The van der Waals surface area contributed by atoms with Gasteiger partial charge in [-0.1, -0.05) is 37.1 Å². The molecule has 36 heavy (non-hydrogen) atoms. The van der Waals surface area contributed by atoms with E-state index in [0.29, 0.717) is 29.1 Å². The third kappa shape index (κ3) is 4.52. The van der Waals surface area contributed by atoms with E-state index >= 15 is 0 Å². The van der Waals surface area contributed by atoms with Crippen LogP contribution in [-0.4, -0.2) is 34.0 Å². The third-order valence-corrected chi connectivity index (χ3v) is 8.08. The predicted octanol–water partition coefficient (Wildman–Crippen LogP) is 4.84. The average molecular weight is 487 g/mol. The largest absolute Gasteiger partial charge is 0.370 e. The highest BCUT2D eigenvalue weighted by Crippen LogP contribution is 2.33. The lowest BCUT2D eigenvalue weighted by Gasteiger charge is -2.15. The van der Waals surface area contributed by atoms with Gasteiger partial charge in [-0.3, -0.25) is 9.59 Å². The number of carbonyl (C=O) groups is 2. The first-order valence-electron chi connectivity index (χ1n) is 13.3. The number of benzene rings is 2. The fraction of sp³-hybridized carbons (Fsp3) is 0.483. The van der Waals surface area contributed by atoms with Gasteiger partial charge in [0.25, 0.3) is 5.91 Å². The molecule has 2 amide bonds. The predicted molar refractivity (Wildman–Crippen MR) is 139 cm³/mol. The van der Waals surface area contributed by atoms with Crippen molar-refractivity contribution in [1.29, 1.82) is 0 Å². The Hall–Kier alpha value is -3.19. The van der Waals surface area contributed by atoms with Crippen LogP contribution >= 0.6 is 0 Å². The van der Waals surface area contributed by atoms with Crippen molar-refractivity contribution in [3.8, 4) is 0 Å². The number of nitrogens with zero attached hydrogens (tertiary/aromatic N) is 2. The molecule has 7 nitrogen and oxygen atoms in total. The molecule has 7 heteroatoms. The second-order valence-electron chi connectivity index (χ2n) is 10.7. The van der Waals surface area contributed by atoms with Gasteiger partial charge in [0.2, 0.25) is 5.91 Å². The highest BCUT2D eigenvalue weighted by atomic mass is 16.5. The number of fused-ring (bicyclic) bond motifs is 2. The second-order valence-corrected chi connectivity index (χ2v) is 10.7. The highest BCUT2D eigenvalue weighted by molar-refractivity contribution is 6.08. The van der Waals surface area contributed by atoms with Gasteiger partial charge in [0.05, 0.1) is 16.6 Å². The molecule has 2 heterocycles. The molecule has 3 aliphatic rings. The van der Waals surface area contributed by atoms with Crippen LogP contribution < -0.4 is 10.6 Å². The van der Waals surface area contributed by atoms with Crippen LogP contribution in [0.4, 0.5) is 5.69 Å². The van der Waals surface area contributed by atoms with Gasteiger partial charge in [-0.25, -0.2) is 4.98 Å². The quantitative estimate of drug-likeness (QED) is 0.522. The molecule has 1 saturated heterocycles. The summed E-state index contributed by atoms with van der Waals surface area (Å²) in [5, 5.41) is 6.32. The zero-order valence-corrected chi connectivity index (χ0v) is 20.9. The van der Waals surface area contributed by atoms with E-state index in [4.69, 9.17) is 9.72 Å². The highest BCUT2D eigenvalue weighted by Gasteiger charge is 2.28. The molecular weight excluding hydrogens is 452 g/mol. The molecule has 0 bridgehead atoms. The van der Waals surface area contributed by atoms with Crippen LogP contribution in [0, 0.1) is 5.92 Å². The summed E-state index contributed by atoms with van der Waals surface area (Å²) in [5.74, 6) is 1.17. The van der Waals surface area contributed by atoms with Crippen LogP contribution in [0.15, 0.2) is 36.4 Å². The molecule has 2 aliphatic carbocycles. The first kappa shape index (κ1) is 23.2. The number of amides is 2. The summed E-state index contributed by atoms with van der Waals surface area (Å²) in [7, 11) is 1.95. The van der Waals surface area contributed by atoms with Crippen LogP contribution in [0.2, 0.25) is 0 Å². The normalized spacial score (nSPS) is 20.2. The van der Waals surface area contributed by atoms with E-state index in [-0.39, 0.29) is 24.0 Å². The summed E-state index contributed by atoms with van der Waals surface area (Å²) in [5.41, 5.74) is 5.24. The van der Waals surface area contributed by atoms with Gasteiger partial charge >= 0.3 is 0 Å². The van der Waals surface area contributed by atoms with Crippen molar-refractivity contribution in [2.24, 2.45) is 13.0 Å². The maximum Gasteiger partial charge on any atom is 0.253 e. The Kier molecular flexibility index (Phi) is 6.25. The molecule has 2 N–H and O–H groups in total. The first-order chi connectivity index (χ1) is 17.5. The number of hydrogen-bond acceptors (Lipinski definition) is 4. The number of aryl methyl sites for hydroxylation is 1. The maximum absolute atomic E-state index is 13.7. The molecule has 1 aliphatic heterocycles. The summed E-state index contributed by atoms with van der Waals surface area (Å²) in [6.07, 6.45) is 8.70. The number of anilines is 1. The van der Waals surface area contributed by atoms with E-state index in [1.165, 1.54) is 24.0 Å². The Balaban J connectivity index is 1.30. The number of nitrogens with one attached hydrogen (secondary N) is 2. The maximum atomic E-state index is 13.7. The average Bonchev–Trinajstić information content (AvgIpc) is 3.66. The molecule has 3 aromatic rings. The SMILES string of the molecule is Cn1c(C2CCCO2)nc2cc(NC(=O)CC3CCCC3)cc(C(=O)NC3Cc4ccccc4C3)c21. The van der Waals surface area contributed by atoms with Gasteiger partial charge < -0.3 is 19.9 Å². The molecule has 0 radical (unpaired) electrons. The van der Waals surface area contributed by atoms with Crippen molar-refractivity contribution in [3.63, 3.8) is 0 Å². The van der Waals surface area contributed by atoms with Gasteiger partial charge in [0, 0.05) is 31.8 Å². The minimum absolute atomic E-state index is 0.00846. The smallest absolute Gasteiger partial charge is 0.253 e. The molecule has 1 saturated carbocycles. The van der Waals surface area contributed by atoms with Crippen LogP contribution in [0.25, 0.3) is 11.0 Å². The van der Waals surface area contributed by atoms with Crippen LogP contribution in [-0.2, 0) is 29.4 Å². The monoisotopic (exact) mass is 486 g/mol. The summed E-state index contributed by atoms with van der Waals surface area (Å²) in [4.78, 5) is 31.4. The van der Waals surface area contributed by atoms with Crippen LogP contribution in [0.3, 0.4) is 0 Å². The summed E-state index contributed by atoms with van der Waals surface area (Å²) in [6, 6.07) is 12.1. The Morgan fingerprint density at radius 3 is 2.50 bits per heavy atom. The zero-order valence-electron chi connectivity index (χ0n) is 20.9. The molecule has 2 fully saturated rings. The Labute approximate surface area is 211 Å². The third-order valence-electron chi connectivity index (χ3n) is 8.08. The molecule has 1 aromatic heterocycles. The van der Waals surface area contributed by atoms with Gasteiger partial charge in [-0.2, -0.15) is 0 Å². The van der Waals surface area contributed by atoms with Gasteiger partial charge in [-0.05, 0) is 67.7 Å². The molecule has 0 spiro atoms. The fourth-order valence-electron chi connectivity index (χ4n) is 6.30. The standard InChI is InChI=1S/C29H34N4O3/c1-33-27-23(29(35)31-21-14-19-9-4-5-10-20(19)15-21)16-22(30-26(34)13-18-7-2-3-8-18)17-24(27)32-28(33)25-11-6-12-36-25/h4-5,9-10,16-18,21,25H,2-3,6-8,11-15H2,1H3,(H,30,34)(H,31,35). The molecule has 1 unspecified atom stereocenters. The lowest BCUT2D eigenvalue weighted by atomic mass is 10.0. The molecule has 6 rings (SSSR count). The van der Waals surface area contributed by atoms with E-state index < -0.39 is 0 Å². The van der Waals surface area contributed by atoms with Gasteiger partial charge in [0.15, 0.2) is 0 Å². The van der Waals surface area contributed by atoms with Crippen molar-refractivity contribution < 1.29 is 14.3 Å². The van der Waals surface area contributed by atoms with Gasteiger partial charge in [-0.15, -0.1) is 0 Å². The summed E-state index contributed by atoms with van der Waals surface area (Å²) >= 11 is 0. The molecule has 2 aromatic carbocycles. The van der Waals surface area contributed by atoms with Crippen LogP contribution in [0.1, 0.15) is 78.4 Å². The van der Waals surface area contributed by atoms with Gasteiger partial charge in [0.1, 0.15) is 11.9 Å². The lowest BCUT2D eigenvalue weighted by molar-refractivity contribution is -0.117. The molecule has 1 atom stereocenters. The summed E-state index contributed by atoms with van der Waals surface area (Å²) in [6.45, 7) is 0.728. The minimum Gasteiger partial charge on any atom is -0.370 e. The number of carbonyl (C=O) groups excluding carboxylic acids is 2. The first-order valence-corrected chi connectivity index (χ1v) is 13.3. The Morgan fingerprint density at radius 1 is 1.06 bits per heavy atom. The number of hydrogen-bond donors (Lipinski definition) is 2. The van der Waals surface area contributed by atoms with E-state index in [1.807, 2.05) is 35.9 Å². The van der Waals surface area contributed by atoms with Crippen molar-refractivity contribution in [2.75, 3.05) is 11.9 Å². The summed E-state index contributed by atoms with van der Waals surface area (Å²) < 4.78 is 7.90. The van der Waals surface area contributed by atoms with E-state index in [2.05, 4.69) is 22.8 Å². The minimum atomic E-state index is -0.133. The van der Waals surface area contributed by atoms with Crippen LogP contribution in [0.5, 0.6) is 0 Å². The van der Waals surface area contributed by atoms with Crippen molar-refractivity contribution in [1.82, 2.24) is 14.9 Å². The van der Waals surface area contributed by atoms with Crippen molar-refractivity contribution >= 4 is 28.5 Å². The Morgan fingerprint density at radius 2 is 1.81 bits per heavy atom. The number of imidazole rings is 1. The topological polar surface area (TPSA) is 85.2 Å². The molecular formula is C29H34N4O3. The van der Waals surface area contributed by atoms with Crippen molar-refractivity contribution in [2.45, 2.75) is 69.9 Å². The zero-order chi connectivity index (χ0) is 24.6. The number of rotatable bonds is 6. The number of aromatic nitrogens is 2. The molecule has 188 valence electrons. The lowest BCUT2D eigenvalue weighted by Crippen LogP contribution is -2.35. The Bertz CT molecular complexity index is 1280. The van der Waals surface area contributed by atoms with E-state index in [0.717, 1.165) is 56.5 Å². The van der Waals surface area contributed by atoms with Crippen molar-refractivity contribution in [3.05, 3.63) is 58.9 Å². The van der Waals surface area contributed by atoms with E-state index in [1.54, 1.807) is 0 Å².